The molecule has 0 radical (unpaired) electrons. The third-order valence-corrected chi connectivity index (χ3v) is 5.48. The van der Waals surface area contributed by atoms with Crippen molar-refractivity contribution in [3.05, 3.63) is 59.8 Å². The zero-order valence-electron chi connectivity index (χ0n) is 15.5. The van der Waals surface area contributed by atoms with Gasteiger partial charge in [-0.15, -0.1) is 0 Å². The molecule has 7 nitrogen and oxygen atoms in total. The molecule has 148 valence electrons. The summed E-state index contributed by atoms with van der Waals surface area (Å²) >= 11 is 6.14. The van der Waals surface area contributed by atoms with Crippen molar-refractivity contribution in [1.82, 2.24) is 19.5 Å². The number of benzene rings is 1. The smallest absolute Gasteiger partial charge is 0.146 e. The summed E-state index contributed by atoms with van der Waals surface area (Å²) in [5, 5.41) is 11.5. The number of rotatable bonds is 5. The lowest BCUT2D eigenvalue weighted by Gasteiger charge is -2.16. The summed E-state index contributed by atoms with van der Waals surface area (Å²) in [6.45, 7) is 0.374. The second-order valence-electron chi connectivity index (χ2n) is 7.04. The fourth-order valence-corrected chi connectivity index (χ4v) is 3.88. The predicted octanol–water partition coefficient (Wildman–Crippen LogP) is 3.88. The molecule has 2 atom stereocenters. The SMILES string of the molecule is OCc1ccc2ccc(OCC3CCC(n4ccc5c(Cl)ncnc54)O3)cc2n1. The minimum absolute atomic E-state index is 0.0119. The van der Waals surface area contributed by atoms with Crippen LogP contribution in [0.15, 0.2) is 48.9 Å². The molecule has 0 spiro atoms. The van der Waals surface area contributed by atoms with Gasteiger partial charge in [-0.05, 0) is 37.1 Å². The maximum Gasteiger partial charge on any atom is 0.146 e. The molecule has 29 heavy (non-hydrogen) atoms. The number of aromatic nitrogens is 4. The molecule has 0 aliphatic carbocycles. The number of halogens is 1. The molecular formula is C21H19ClN4O3. The second kappa shape index (κ2) is 7.59. The summed E-state index contributed by atoms with van der Waals surface area (Å²) in [7, 11) is 0. The fraction of sp³-hybridized carbons (Fsp3) is 0.286. The van der Waals surface area contributed by atoms with Gasteiger partial charge in [0.05, 0.1) is 29.3 Å². The Bertz CT molecular complexity index is 1180. The van der Waals surface area contributed by atoms with Gasteiger partial charge in [0.2, 0.25) is 0 Å². The molecule has 0 bridgehead atoms. The van der Waals surface area contributed by atoms with Crippen LogP contribution in [0.4, 0.5) is 0 Å². The predicted molar refractivity (Wildman–Crippen MR) is 109 cm³/mol. The first kappa shape index (κ1) is 18.3. The van der Waals surface area contributed by atoms with Crippen LogP contribution in [-0.4, -0.2) is 37.3 Å². The normalized spacial score (nSPS) is 19.2. The van der Waals surface area contributed by atoms with Gasteiger partial charge in [0.1, 0.15) is 35.7 Å². The number of nitrogens with zero attached hydrogens (tertiary/aromatic N) is 4. The van der Waals surface area contributed by atoms with Crippen LogP contribution in [0.5, 0.6) is 5.75 Å². The lowest BCUT2D eigenvalue weighted by Crippen LogP contribution is -2.18. The zero-order chi connectivity index (χ0) is 19.8. The molecule has 0 amide bonds. The van der Waals surface area contributed by atoms with Crippen LogP contribution in [0.2, 0.25) is 5.15 Å². The third kappa shape index (κ3) is 3.53. The average Bonchev–Trinajstić information content (AvgIpc) is 3.39. The second-order valence-corrected chi connectivity index (χ2v) is 7.40. The number of hydrogen-bond acceptors (Lipinski definition) is 6. The van der Waals surface area contributed by atoms with Gasteiger partial charge < -0.3 is 19.1 Å². The van der Waals surface area contributed by atoms with Crippen LogP contribution in [0.1, 0.15) is 24.8 Å². The summed E-state index contributed by atoms with van der Waals surface area (Å²) in [5.74, 6) is 0.734. The van der Waals surface area contributed by atoms with Gasteiger partial charge in [-0.2, -0.15) is 0 Å². The molecule has 1 aromatic carbocycles. The fourth-order valence-electron chi connectivity index (χ4n) is 3.69. The van der Waals surface area contributed by atoms with Crippen molar-refractivity contribution in [1.29, 1.82) is 0 Å². The van der Waals surface area contributed by atoms with Gasteiger partial charge in [-0.25, -0.2) is 9.97 Å². The Hall–Kier alpha value is -2.74. The minimum atomic E-state index is -0.0996. The van der Waals surface area contributed by atoms with E-state index < -0.39 is 0 Å². The zero-order valence-corrected chi connectivity index (χ0v) is 16.3. The Morgan fingerprint density at radius 2 is 2.07 bits per heavy atom. The third-order valence-electron chi connectivity index (χ3n) is 5.18. The first-order chi connectivity index (χ1) is 14.2. The highest BCUT2D eigenvalue weighted by Gasteiger charge is 2.28. The van der Waals surface area contributed by atoms with Crippen molar-refractivity contribution in [2.45, 2.75) is 31.8 Å². The maximum atomic E-state index is 9.27. The minimum Gasteiger partial charge on any atom is -0.491 e. The molecular weight excluding hydrogens is 392 g/mol. The van der Waals surface area contributed by atoms with Crippen molar-refractivity contribution in [2.24, 2.45) is 0 Å². The van der Waals surface area contributed by atoms with Crippen LogP contribution in [-0.2, 0) is 11.3 Å². The topological polar surface area (TPSA) is 82.3 Å². The van der Waals surface area contributed by atoms with Crippen LogP contribution in [0.3, 0.4) is 0 Å². The Labute approximate surface area is 171 Å². The molecule has 0 saturated carbocycles. The highest BCUT2D eigenvalue weighted by atomic mass is 35.5. The monoisotopic (exact) mass is 410 g/mol. The van der Waals surface area contributed by atoms with E-state index in [9.17, 15) is 5.11 Å². The molecule has 5 rings (SSSR count). The van der Waals surface area contributed by atoms with Crippen LogP contribution >= 0.6 is 11.6 Å². The van der Waals surface area contributed by atoms with Crippen molar-refractivity contribution >= 4 is 33.5 Å². The first-order valence-electron chi connectivity index (χ1n) is 9.47. The molecule has 8 heteroatoms. The molecule has 1 fully saturated rings. The maximum absolute atomic E-state index is 9.27. The Balaban J connectivity index is 1.26. The van der Waals surface area contributed by atoms with E-state index in [1.165, 1.54) is 6.33 Å². The molecule has 1 saturated heterocycles. The van der Waals surface area contributed by atoms with Crippen LogP contribution in [0, 0.1) is 0 Å². The van der Waals surface area contributed by atoms with Gasteiger partial charge in [0, 0.05) is 17.6 Å². The summed E-state index contributed by atoms with van der Waals surface area (Å²) in [4.78, 5) is 12.8. The van der Waals surface area contributed by atoms with Gasteiger partial charge in [0.25, 0.3) is 0 Å². The van der Waals surface area contributed by atoms with E-state index in [1.807, 2.05) is 47.2 Å². The Morgan fingerprint density at radius 1 is 1.17 bits per heavy atom. The number of fused-ring (bicyclic) bond motifs is 2. The van der Waals surface area contributed by atoms with Crippen molar-refractivity contribution in [3.8, 4) is 5.75 Å². The number of aliphatic hydroxyl groups excluding tert-OH is 1. The summed E-state index contributed by atoms with van der Waals surface area (Å²) in [6, 6.07) is 11.4. The number of aliphatic hydroxyl groups is 1. The van der Waals surface area contributed by atoms with Gasteiger partial charge >= 0.3 is 0 Å². The summed E-state index contributed by atoms with van der Waals surface area (Å²) < 4.78 is 14.1. The van der Waals surface area contributed by atoms with Crippen LogP contribution < -0.4 is 4.74 Å². The van der Waals surface area contributed by atoms with Gasteiger partial charge in [0.15, 0.2) is 0 Å². The standard InChI is InChI=1S/C21H19ClN4O3/c22-20-17-7-8-26(21(17)24-12-23-20)19-6-5-16(29-19)11-28-15-4-2-13-1-3-14(10-27)25-18(13)9-15/h1-4,7-9,12,16,19,27H,5-6,10-11H2. The van der Waals surface area contributed by atoms with E-state index in [1.54, 1.807) is 0 Å². The molecule has 2 unspecified atom stereocenters. The summed E-state index contributed by atoms with van der Waals surface area (Å²) in [6.07, 6.45) is 5.06. The lowest BCUT2D eigenvalue weighted by molar-refractivity contribution is -0.0156. The summed E-state index contributed by atoms with van der Waals surface area (Å²) in [5.41, 5.74) is 2.21. The van der Waals surface area contributed by atoms with E-state index in [0.717, 1.165) is 40.5 Å². The number of hydrogen-bond donors (Lipinski definition) is 1. The molecule has 1 aliphatic heterocycles. The Morgan fingerprint density at radius 3 is 2.97 bits per heavy atom. The quantitative estimate of drug-likeness (QED) is 0.503. The number of ether oxygens (including phenoxy) is 2. The Kier molecular flexibility index (Phi) is 4.79. The van der Waals surface area contributed by atoms with E-state index >= 15 is 0 Å². The lowest BCUT2D eigenvalue weighted by atomic mass is 10.2. The average molecular weight is 411 g/mol. The van der Waals surface area contributed by atoms with Gasteiger partial charge in [-0.3, -0.25) is 4.98 Å². The van der Waals surface area contributed by atoms with E-state index in [2.05, 4.69) is 15.0 Å². The first-order valence-corrected chi connectivity index (χ1v) is 9.85. The highest BCUT2D eigenvalue weighted by Crippen LogP contribution is 2.32. The number of pyridine rings is 1. The van der Waals surface area contributed by atoms with Crippen LogP contribution in [0.25, 0.3) is 21.9 Å². The highest BCUT2D eigenvalue weighted by molar-refractivity contribution is 6.33. The molecule has 4 aromatic rings. The molecule has 1 aliphatic rings. The van der Waals surface area contributed by atoms with Crippen molar-refractivity contribution in [2.75, 3.05) is 6.61 Å². The van der Waals surface area contributed by atoms with E-state index in [4.69, 9.17) is 21.1 Å². The van der Waals surface area contributed by atoms with Crippen molar-refractivity contribution < 1.29 is 14.6 Å². The molecule has 1 N–H and O–H groups in total. The van der Waals surface area contributed by atoms with E-state index in [0.29, 0.717) is 17.5 Å². The largest absolute Gasteiger partial charge is 0.491 e. The molecule has 3 aromatic heterocycles. The molecule has 4 heterocycles. The van der Waals surface area contributed by atoms with E-state index in [-0.39, 0.29) is 18.9 Å². The van der Waals surface area contributed by atoms with Gasteiger partial charge in [-0.1, -0.05) is 17.7 Å². The van der Waals surface area contributed by atoms with Crippen molar-refractivity contribution in [3.63, 3.8) is 0 Å².